The highest BCUT2D eigenvalue weighted by Crippen LogP contribution is 2.02. The summed E-state index contributed by atoms with van der Waals surface area (Å²) in [5.41, 5.74) is 0. The molecule has 0 aromatic carbocycles. The fraction of sp³-hybridized carbons (Fsp3) is 0.333. The molecule has 0 spiro atoms. The Bertz CT molecular complexity index is 71.0. The molecule has 0 aromatic heterocycles. The van der Waals surface area contributed by atoms with Gasteiger partial charge in [0.05, 0.1) is 0 Å². The smallest absolute Gasteiger partial charge is 0.205 e. The van der Waals surface area contributed by atoms with E-state index in [0.29, 0.717) is 0 Å². The molecule has 0 saturated heterocycles. The Labute approximate surface area is 37.4 Å². The maximum Gasteiger partial charge on any atom is 0.271 e. The zero-order chi connectivity index (χ0) is 5.86. The maximum atomic E-state index is 10.7. The second-order valence-electron chi connectivity index (χ2n) is 0.791. The van der Waals surface area contributed by atoms with Crippen LogP contribution < -0.4 is 0 Å². The molecule has 0 heterocycles. The highest BCUT2D eigenvalue weighted by atomic mass is 19.3. The van der Waals surface area contributed by atoms with Crippen LogP contribution in [0.4, 0.5) is 17.6 Å². The van der Waals surface area contributed by atoms with Crippen molar-refractivity contribution in [1.82, 2.24) is 0 Å². The number of hydrogen-bond acceptors (Lipinski definition) is 0. The molecular weight excluding hydrogens is 112 g/mol. The second-order valence-corrected chi connectivity index (χ2v) is 0.791. The van der Waals surface area contributed by atoms with Gasteiger partial charge in [-0.05, 0) is 0 Å². The first-order valence-corrected chi connectivity index (χ1v) is 1.44. The van der Waals surface area contributed by atoms with Crippen molar-refractivity contribution in [2.45, 2.75) is 6.43 Å². The maximum absolute atomic E-state index is 10.7. The third-order valence-electron chi connectivity index (χ3n) is 0.252. The zero-order valence-electron chi connectivity index (χ0n) is 3.17. The van der Waals surface area contributed by atoms with Crippen LogP contribution in [0.3, 0.4) is 0 Å². The van der Waals surface area contributed by atoms with Crippen molar-refractivity contribution in [3.05, 3.63) is 12.2 Å². The molecule has 0 atom stereocenters. The number of halogens is 4. The molecule has 0 N–H and O–H groups in total. The van der Waals surface area contributed by atoms with Crippen LogP contribution in [0.2, 0.25) is 0 Å². The molecule has 4 heteroatoms. The summed E-state index contributed by atoms with van der Waals surface area (Å²) in [5, 5.41) is 0. The van der Waals surface area contributed by atoms with E-state index in [1.165, 1.54) is 0 Å². The lowest BCUT2D eigenvalue weighted by atomic mass is 10.7. The van der Waals surface area contributed by atoms with E-state index < -0.39 is 18.6 Å². The van der Waals surface area contributed by atoms with E-state index >= 15 is 0 Å². The number of hydrogen-bond donors (Lipinski definition) is 0. The molecule has 0 rings (SSSR count). The van der Waals surface area contributed by atoms with Crippen molar-refractivity contribution in [2.24, 2.45) is 0 Å². The van der Waals surface area contributed by atoms with Gasteiger partial charge in [0.15, 0.2) is 0 Å². The van der Waals surface area contributed by atoms with Crippen LogP contribution in [-0.2, 0) is 0 Å². The van der Waals surface area contributed by atoms with Crippen LogP contribution in [0.5, 0.6) is 0 Å². The normalized spacial score (nSPS) is 9.29. The summed E-state index contributed by atoms with van der Waals surface area (Å²) in [5.74, 6) is 0. The largest absolute Gasteiger partial charge is 0.271 e. The summed E-state index contributed by atoms with van der Waals surface area (Å²) in [6.07, 6.45) is -5.79. The molecule has 0 aliphatic rings. The van der Waals surface area contributed by atoms with Crippen LogP contribution in [0.1, 0.15) is 0 Å². The van der Waals surface area contributed by atoms with E-state index in [1.54, 1.807) is 0 Å². The Hall–Kier alpha value is -0.540. The van der Waals surface area contributed by atoms with Gasteiger partial charge in [-0.1, -0.05) is 0 Å². The van der Waals surface area contributed by atoms with E-state index in [1.807, 2.05) is 0 Å². The van der Waals surface area contributed by atoms with Crippen LogP contribution in [0.15, 0.2) is 12.2 Å². The van der Waals surface area contributed by atoms with Gasteiger partial charge in [-0.2, -0.15) is 8.78 Å². The summed E-state index contributed by atoms with van der Waals surface area (Å²) in [4.78, 5) is 0. The Kier molecular flexibility index (Phi) is 2.40. The molecule has 7 heavy (non-hydrogen) atoms. The lowest BCUT2D eigenvalue weighted by Crippen LogP contribution is -1.79. The molecule has 0 fully saturated rings. The van der Waals surface area contributed by atoms with Crippen molar-refractivity contribution in [2.75, 3.05) is 0 Å². The molecule has 0 unspecified atom stereocenters. The predicted octanol–water partition coefficient (Wildman–Crippen LogP) is 2.03. The molecule has 0 aliphatic carbocycles. The second kappa shape index (κ2) is 2.60. The van der Waals surface area contributed by atoms with Gasteiger partial charge in [-0.15, -0.1) is 0 Å². The van der Waals surface area contributed by atoms with Gasteiger partial charge < -0.3 is 0 Å². The van der Waals surface area contributed by atoms with Crippen molar-refractivity contribution < 1.29 is 17.6 Å². The minimum Gasteiger partial charge on any atom is -0.205 e. The minimum atomic E-state index is -3.04. The van der Waals surface area contributed by atoms with Gasteiger partial charge in [0.2, 0.25) is 0 Å². The summed E-state index contributed by atoms with van der Waals surface area (Å²) in [7, 11) is 0. The fourth-order valence-corrected chi connectivity index (χ4v) is 0.0952. The van der Waals surface area contributed by atoms with Crippen LogP contribution in [0, 0.1) is 0 Å². The number of alkyl halides is 2. The molecule has 0 bridgehead atoms. The highest BCUT2D eigenvalue weighted by Gasteiger charge is 1.97. The van der Waals surface area contributed by atoms with Crippen LogP contribution >= 0.6 is 0 Å². The van der Waals surface area contributed by atoms with E-state index in [0.717, 1.165) is 0 Å². The topological polar surface area (TPSA) is 0 Å². The quantitative estimate of drug-likeness (QED) is 0.457. The molecule has 0 nitrogen and oxygen atoms in total. The van der Waals surface area contributed by atoms with E-state index in [4.69, 9.17) is 0 Å². The van der Waals surface area contributed by atoms with E-state index in [9.17, 15) is 17.6 Å². The first-order valence-electron chi connectivity index (χ1n) is 1.44. The Morgan fingerprint density at radius 1 is 1.29 bits per heavy atom. The third-order valence-corrected chi connectivity index (χ3v) is 0.252. The molecule has 0 aliphatic heterocycles. The van der Waals surface area contributed by atoms with Crippen molar-refractivity contribution in [3.8, 4) is 0 Å². The molecule has 0 saturated carbocycles. The Balaban J connectivity index is 3.45. The van der Waals surface area contributed by atoms with E-state index in [-0.39, 0.29) is 0 Å². The summed E-state index contributed by atoms with van der Waals surface area (Å²) >= 11 is 0. The molecule has 0 radical (unpaired) electrons. The number of allylic oxidation sites excluding steroid dienone is 1. The van der Waals surface area contributed by atoms with Gasteiger partial charge >= 0.3 is 0 Å². The fourth-order valence-electron chi connectivity index (χ4n) is 0.0952. The lowest BCUT2D eigenvalue weighted by molar-refractivity contribution is 0.196. The van der Waals surface area contributed by atoms with Crippen molar-refractivity contribution in [1.29, 1.82) is 0 Å². The van der Waals surface area contributed by atoms with Gasteiger partial charge in [-0.3, -0.25) is 0 Å². The molecule has 0 aromatic rings. The standard InChI is InChI=1S/C3H2F4/c4-2(5)1-3(6)7/h1-2H. The van der Waals surface area contributed by atoms with Gasteiger partial charge in [-0.25, -0.2) is 8.78 Å². The number of rotatable bonds is 1. The minimum absolute atomic E-state index is 0.417. The van der Waals surface area contributed by atoms with Crippen molar-refractivity contribution >= 4 is 0 Å². The molecule has 0 amide bonds. The summed E-state index contributed by atoms with van der Waals surface area (Å²) < 4.78 is 42.8. The average Bonchev–Trinajstić information content (AvgIpc) is 1.27. The summed E-state index contributed by atoms with van der Waals surface area (Å²) in [6.45, 7) is 0. The van der Waals surface area contributed by atoms with E-state index in [2.05, 4.69) is 0 Å². The van der Waals surface area contributed by atoms with Crippen molar-refractivity contribution in [3.63, 3.8) is 0 Å². The Morgan fingerprint density at radius 2 is 1.71 bits per heavy atom. The van der Waals surface area contributed by atoms with Gasteiger partial charge in [0.1, 0.15) is 0 Å². The zero-order valence-corrected chi connectivity index (χ0v) is 3.17. The molecule has 42 valence electrons. The third kappa shape index (κ3) is 5.46. The molecular formula is C3H2F4. The predicted molar refractivity (Wildman–Crippen MR) is 16.3 cm³/mol. The van der Waals surface area contributed by atoms with Gasteiger partial charge in [0, 0.05) is 6.08 Å². The van der Waals surface area contributed by atoms with Crippen LogP contribution in [0.25, 0.3) is 0 Å². The first kappa shape index (κ1) is 6.46. The summed E-state index contributed by atoms with van der Waals surface area (Å²) in [6, 6.07) is 0. The van der Waals surface area contributed by atoms with Gasteiger partial charge in [0.25, 0.3) is 12.5 Å². The lowest BCUT2D eigenvalue weighted by Gasteiger charge is -1.80. The van der Waals surface area contributed by atoms with Crippen LogP contribution in [-0.4, -0.2) is 6.43 Å². The average molecular weight is 114 g/mol. The SMILES string of the molecule is FC(F)=CC(F)F. The Morgan fingerprint density at radius 3 is 1.71 bits per heavy atom. The first-order chi connectivity index (χ1) is 3.13. The monoisotopic (exact) mass is 114 g/mol. The highest BCUT2D eigenvalue weighted by molar-refractivity contribution is 4.82.